The molecule has 114 valence electrons. The van der Waals surface area contributed by atoms with Crippen LogP contribution in [0.15, 0.2) is 28.7 Å². The van der Waals surface area contributed by atoms with Crippen LogP contribution in [0.25, 0.3) is 0 Å². The lowest BCUT2D eigenvalue weighted by Gasteiger charge is -2.32. The van der Waals surface area contributed by atoms with Crippen molar-refractivity contribution in [2.75, 3.05) is 13.1 Å². The molecular weight excluding hydrogens is 340 g/mol. The first-order chi connectivity index (χ1) is 9.94. The average Bonchev–Trinajstić information content (AvgIpc) is 2.98. The summed E-state index contributed by atoms with van der Waals surface area (Å²) < 4.78 is 27.6. The summed E-state index contributed by atoms with van der Waals surface area (Å²) in [6.07, 6.45) is 2.02. The third-order valence-electron chi connectivity index (χ3n) is 4.85. The number of nitrogens with zero attached hydrogens (tertiary/aromatic N) is 1. The summed E-state index contributed by atoms with van der Waals surface area (Å²) in [6.45, 7) is 0.953. The first-order valence-corrected chi connectivity index (χ1v) is 8.12. The third-order valence-corrected chi connectivity index (χ3v) is 5.62. The van der Waals surface area contributed by atoms with Gasteiger partial charge in [0.05, 0.1) is 0 Å². The van der Waals surface area contributed by atoms with E-state index in [0.717, 1.165) is 10.0 Å². The van der Waals surface area contributed by atoms with Crippen molar-refractivity contribution in [3.63, 3.8) is 0 Å². The van der Waals surface area contributed by atoms with E-state index in [0.29, 0.717) is 38.8 Å². The van der Waals surface area contributed by atoms with Gasteiger partial charge in [-0.2, -0.15) is 0 Å². The highest BCUT2D eigenvalue weighted by molar-refractivity contribution is 9.10. The zero-order valence-corrected chi connectivity index (χ0v) is 13.3. The predicted molar refractivity (Wildman–Crippen MR) is 80.3 cm³/mol. The van der Waals surface area contributed by atoms with E-state index in [1.165, 1.54) is 0 Å². The molecule has 1 aliphatic carbocycles. The highest BCUT2D eigenvalue weighted by Crippen LogP contribution is 2.65. The highest BCUT2D eigenvalue weighted by atomic mass is 79.9. The van der Waals surface area contributed by atoms with Crippen molar-refractivity contribution >= 4 is 21.8 Å². The maximum absolute atomic E-state index is 13.3. The van der Waals surface area contributed by atoms with Crippen LogP contribution in [0.2, 0.25) is 0 Å². The smallest absolute Gasteiger partial charge is 0.254 e. The van der Waals surface area contributed by atoms with Gasteiger partial charge in [-0.05, 0) is 30.9 Å². The van der Waals surface area contributed by atoms with Crippen LogP contribution in [0.5, 0.6) is 0 Å². The molecule has 2 fully saturated rings. The number of alkyl halides is 2. The summed E-state index contributed by atoms with van der Waals surface area (Å²) in [5.74, 6) is -2.42. The number of rotatable bonds is 3. The standard InChI is InChI=1S/C16H18BrF2NO/c17-13-4-2-1-3-12(13)5-6-14(21)20-9-7-15(8-10-20)11-16(15,18)19/h1-4H,5-11H2. The summed E-state index contributed by atoms with van der Waals surface area (Å²) in [5.41, 5.74) is 0.319. The number of hydrogen-bond donors (Lipinski definition) is 0. The number of hydrogen-bond acceptors (Lipinski definition) is 1. The minimum absolute atomic E-state index is 0.0129. The number of amides is 1. The Morgan fingerprint density at radius 2 is 1.86 bits per heavy atom. The van der Waals surface area contributed by atoms with E-state index in [4.69, 9.17) is 0 Å². The van der Waals surface area contributed by atoms with E-state index in [9.17, 15) is 13.6 Å². The quantitative estimate of drug-likeness (QED) is 0.799. The Labute approximate surface area is 131 Å². The molecule has 3 rings (SSSR count). The molecule has 1 aliphatic heterocycles. The molecule has 1 spiro atoms. The molecule has 0 atom stereocenters. The SMILES string of the molecule is O=C(CCc1ccccc1Br)N1CCC2(CC1)CC2(F)F. The molecule has 2 aliphatic rings. The summed E-state index contributed by atoms with van der Waals surface area (Å²) in [7, 11) is 0. The number of carbonyl (C=O) groups is 1. The van der Waals surface area contributed by atoms with Gasteiger partial charge in [-0.1, -0.05) is 34.1 Å². The number of aryl methyl sites for hydroxylation is 1. The van der Waals surface area contributed by atoms with Gasteiger partial charge in [0.1, 0.15) is 0 Å². The monoisotopic (exact) mass is 357 g/mol. The lowest BCUT2D eigenvalue weighted by atomic mass is 9.92. The predicted octanol–water partition coefficient (Wildman–Crippen LogP) is 4.03. The molecule has 1 aromatic carbocycles. The van der Waals surface area contributed by atoms with Crippen molar-refractivity contribution in [2.45, 2.75) is 38.0 Å². The fraction of sp³-hybridized carbons (Fsp3) is 0.562. The van der Waals surface area contributed by atoms with Crippen LogP contribution in [0.3, 0.4) is 0 Å². The van der Waals surface area contributed by atoms with Crippen LogP contribution < -0.4 is 0 Å². The number of benzene rings is 1. The van der Waals surface area contributed by atoms with Crippen LogP contribution in [-0.2, 0) is 11.2 Å². The molecule has 0 unspecified atom stereocenters. The minimum Gasteiger partial charge on any atom is -0.343 e. The van der Waals surface area contributed by atoms with Crippen molar-refractivity contribution in [2.24, 2.45) is 5.41 Å². The molecule has 1 saturated carbocycles. The maximum atomic E-state index is 13.3. The Morgan fingerprint density at radius 3 is 2.43 bits per heavy atom. The Bertz CT molecular complexity index is 553. The highest BCUT2D eigenvalue weighted by Gasteiger charge is 2.70. The van der Waals surface area contributed by atoms with Gasteiger partial charge in [0.2, 0.25) is 5.91 Å². The van der Waals surface area contributed by atoms with E-state index in [1.807, 2.05) is 24.3 Å². The zero-order chi connectivity index (χ0) is 15.1. The molecule has 1 heterocycles. The molecule has 0 N–H and O–H groups in total. The van der Waals surface area contributed by atoms with Crippen molar-refractivity contribution < 1.29 is 13.6 Å². The number of likely N-dealkylation sites (tertiary alicyclic amines) is 1. The van der Waals surface area contributed by atoms with Crippen molar-refractivity contribution in [3.8, 4) is 0 Å². The largest absolute Gasteiger partial charge is 0.343 e. The topological polar surface area (TPSA) is 20.3 Å². The zero-order valence-electron chi connectivity index (χ0n) is 11.7. The van der Waals surface area contributed by atoms with Crippen LogP contribution in [0.1, 0.15) is 31.2 Å². The lowest BCUT2D eigenvalue weighted by Crippen LogP contribution is -2.40. The maximum Gasteiger partial charge on any atom is 0.254 e. The second kappa shape index (κ2) is 5.34. The molecule has 1 saturated heterocycles. The summed E-state index contributed by atoms with van der Waals surface area (Å²) in [4.78, 5) is 13.9. The van der Waals surface area contributed by atoms with E-state index < -0.39 is 11.3 Å². The Kier molecular flexibility index (Phi) is 3.80. The third kappa shape index (κ3) is 2.85. The average molecular weight is 358 g/mol. The Morgan fingerprint density at radius 1 is 1.24 bits per heavy atom. The van der Waals surface area contributed by atoms with Gasteiger partial charge in [0.15, 0.2) is 0 Å². The lowest BCUT2D eigenvalue weighted by molar-refractivity contribution is -0.133. The van der Waals surface area contributed by atoms with Gasteiger partial charge in [-0.15, -0.1) is 0 Å². The van der Waals surface area contributed by atoms with Crippen molar-refractivity contribution in [1.82, 2.24) is 4.90 Å². The van der Waals surface area contributed by atoms with E-state index >= 15 is 0 Å². The summed E-state index contributed by atoms with van der Waals surface area (Å²) >= 11 is 3.47. The normalized spacial score (nSPS) is 22.3. The molecule has 1 aromatic rings. The van der Waals surface area contributed by atoms with E-state index in [2.05, 4.69) is 15.9 Å². The number of carbonyl (C=O) groups excluding carboxylic acids is 1. The summed E-state index contributed by atoms with van der Waals surface area (Å²) in [5, 5.41) is 0. The van der Waals surface area contributed by atoms with E-state index in [-0.39, 0.29) is 12.3 Å². The molecule has 0 bridgehead atoms. The molecule has 1 amide bonds. The van der Waals surface area contributed by atoms with Gasteiger partial charge in [-0.3, -0.25) is 4.79 Å². The van der Waals surface area contributed by atoms with Crippen LogP contribution in [-0.4, -0.2) is 29.8 Å². The minimum atomic E-state index is -2.49. The molecule has 0 radical (unpaired) electrons. The van der Waals surface area contributed by atoms with Gasteiger partial charge < -0.3 is 4.90 Å². The second-order valence-corrected chi connectivity index (χ2v) is 6.99. The Hall–Kier alpha value is -0.970. The Balaban J connectivity index is 1.50. The second-order valence-electron chi connectivity index (χ2n) is 6.13. The number of halogens is 3. The fourth-order valence-electron chi connectivity index (χ4n) is 3.21. The van der Waals surface area contributed by atoms with Crippen molar-refractivity contribution in [3.05, 3.63) is 34.3 Å². The van der Waals surface area contributed by atoms with Gasteiger partial charge in [0.25, 0.3) is 5.92 Å². The molecule has 2 nitrogen and oxygen atoms in total. The van der Waals surface area contributed by atoms with E-state index in [1.54, 1.807) is 4.90 Å². The summed E-state index contributed by atoms with van der Waals surface area (Å²) in [6, 6.07) is 7.84. The molecule has 0 aromatic heterocycles. The van der Waals surface area contributed by atoms with Crippen molar-refractivity contribution in [1.29, 1.82) is 0 Å². The molecular formula is C16H18BrF2NO. The number of piperidine rings is 1. The van der Waals surface area contributed by atoms with Crippen LogP contribution in [0, 0.1) is 5.41 Å². The van der Waals surface area contributed by atoms with Gasteiger partial charge in [-0.25, -0.2) is 8.78 Å². The van der Waals surface area contributed by atoms with Gasteiger partial charge >= 0.3 is 0 Å². The van der Waals surface area contributed by atoms with Crippen LogP contribution in [0.4, 0.5) is 8.78 Å². The first-order valence-electron chi connectivity index (χ1n) is 7.33. The molecule has 21 heavy (non-hydrogen) atoms. The van der Waals surface area contributed by atoms with Crippen LogP contribution >= 0.6 is 15.9 Å². The molecule has 5 heteroatoms. The van der Waals surface area contributed by atoms with Gasteiger partial charge in [0, 0.05) is 35.8 Å². The first kappa shape index (κ1) is 14.9. The fourth-order valence-corrected chi connectivity index (χ4v) is 3.69.